The first-order valence-electron chi connectivity index (χ1n) is 9.45. The Morgan fingerprint density at radius 3 is 1.90 bits per heavy atom. The van der Waals surface area contributed by atoms with Crippen molar-refractivity contribution >= 4 is 43.3 Å². The summed E-state index contributed by atoms with van der Waals surface area (Å²) in [5.74, 6) is 0.539. The van der Waals surface area contributed by atoms with Crippen LogP contribution in [0.4, 0.5) is 0 Å². The number of halogens is 1. The first-order chi connectivity index (χ1) is 13.8. The number of fused-ring (bicyclic) bond motifs is 2. The molecule has 0 fully saturated rings. The van der Waals surface area contributed by atoms with Gasteiger partial charge < -0.3 is 10.4 Å². The van der Waals surface area contributed by atoms with Crippen molar-refractivity contribution in [3.8, 4) is 0 Å². The summed E-state index contributed by atoms with van der Waals surface area (Å²) in [4.78, 5) is 0. The number of aliphatic hydroxyl groups is 1. The van der Waals surface area contributed by atoms with E-state index in [0.29, 0.717) is 12.4 Å². The van der Waals surface area contributed by atoms with Gasteiger partial charge in [-0.1, -0.05) is 48.5 Å². The van der Waals surface area contributed by atoms with Crippen molar-refractivity contribution < 1.29 is 17.7 Å². The monoisotopic (exact) mass is 435 g/mol. The molecule has 0 bridgehead atoms. The molecule has 3 aromatic rings. The number of hydrogen-bond acceptors (Lipinski definition) is 5. The zero-order chi connectivity index (χ0) is 21.1. The predicted molar refractivity (Wildman–Crippen MR) is 119 cm³/mol. The summed E-state index contributed by atoms with van der Waals surface area (Å²) in [6.45, 7) is 1.78. The highest BCUT2D eigenvalue weighted by atomic mass is 35.5. The van der Waals surface area contributed by atoms with E-state index in [1.807, 2.05) is 24.3 Å². The lowest BCUT2D eigenvalue weighted by Gasteiger charge is -2.29. The van der Waals surface area contributed by atoms with Crippen molar-refractivity contribution in [2.45, 2.75) is 25.4 Å². The van der Waals surface area contributed by atoms with Crippen LogP contribution in [0.25, 0.3) is 21.5 Å². The maximum Gasteiger partial charge on any atom is 0.264 e. The molecule has 3 aromatic carbocycles. The third-order valence-electron chi connectivity index (χ3n) is 5.13. The molecule has 7 heteroatoms. The second-order valence-electron chi connectivity index (χ2n) is 7.53. The van der Waals surface area contributed by atoms with Gasteiger partial charge in [-0.25, -0.2) is 0 Å². The highest BCUT2D eigenvalue weighted by Crippen LogP contribution is 2.33. The first kappa shape index (κ1) is 22.0. The van der Waals surface area contributed by atoms with Crippen LogP contribution in [0.15, 0.2) is 48.5 Å². The Hall–Kier alpha value is -1.70. The van der Waals surface area contributed by atoms with E-state index in [4.69, 9.17) is 15.8 Å². The minimum Gasteiger partial charge on any atom is -0.394 e. The Morgan fingerprint density at radius 1 is 1.00 bits per heavy atom. The van der Waals surface area contributed by atoms with Crippen LogP contribution < -0.4 is 5.32 Å². The maximum atomic E-state index is 11.4. The SMILES string of the molecule is CC(CO)(COS(C)(=O)=O)NCc1c2ccccc2c(CCCl)c2ccccc12. The number of nitrogens with one attached hydrogen (secondary N) is 1. The summed E-state index contributed by atoms with van der Waals surface area (Å²) in [7, 11) is -3.60. The highest BCUT2D eigenvalue weighted by molar-refractivity contribution is 7.85. The lowest BCUT2D eigenvalue weighted by atomic mass is 9.90. The molecular weight excluding hydrogens is 410 g/mol. The zero-order valence-electron chi connectivity index (χ0n) is 16.6. The Bertz CT molecular complexity index is 1060. The van der Waals surface area contributed by atoms with E-state index >= 15 is 0 Å². The van der Waals surface area contributed by atoms with E-state index in [1.165, 1.54) is 5.56 Å². The third kappa shape index (κ3) is 5.08. The zero-order valence-corrected chi connectivity index (χ0v) is 18.2. The molecule has 29 heavy (non-hydrogen) atoms. The van der Waals surface area contributed by atoms with Gasteiger partial charge in [0.15, 0.2) is 0 Å². The fourth-order valence-corrected chi connectivity index (χ4v) is 4.22. The smallest absolute Gasteiger partial charge is 0.264 e. The van der Waals surface area contributed by atoms with Crippen LogP contribution in [0.1, 0.15) is 18.1 Å². The van der Waals surface area contributed by atoms with Gasteiger partial charge in [0.2, 0.25) is 0 Å². The van der Waals surface area contributed by atoms with Crippen molar-refractivity contribution in [3.63, 3.8) is 0 Å². The summed E-state index contributed by atoms with van der Waals surface area (Å²) in [5, 5.41) is 17.7. The van der Waals surface area contributed by atoms with E-state index < -0.39 is 15.7 Å². The van der Waals surface area contributed by atoms with Crippen LogP contribution in [0.3, 0.4) is 0 Å². The Morgan fingerprint density at radius 2 is 1.48 bits per heavy atom. The number of rotatable bonds is 9. The van der Waals surface area contributed by atoms with Gasteiger partial charge in [-0.2, -0.15) is 8.42 Å². The first-order valence-corrected chi connectivity index (χ1v) is 11.8. The van der Waals surface area contributed by atoms with Gasteiger partial charge in [0.05, 0.1) is 25.0 Å². The van der Waals surface area contributed by atoms with Crippen LogP contribution in [0.5, 0.6) is 0 Å². The number of aliphatic hydroxyl groups excluding tert-OH is 1. The molecule has 0 saturated carbocycles. The van der Waals surface area contributed by atoms with Crippen molar-refractivity contribution in [2.75, 3.05) is 25.3 Å². The van der Waals surface area contributed by atoms with Gasteiger partial charge in [0.1, 0.15) is 0 Å². The summed E-state index contributed by atoms with van der Waals surface area (Å²) in [6, 6.07) is 16.4. The molecule has 5 nitrogen and oxygen atoms in total. The molecule has 2 N–H and O–H groups in total. The second-order valence-corrected chi connectivity index (χ2v) is 9.55. The molecule has 0 saturated heterocycles. The lowest BCUT2D eigenvalue weighted by Crippen LogP contribution is -2.49. The largest absolute Gasteiger partial charge is 0.394 e. The van der Waals surface area contributed by atoms with Gasteiger partial charge in [-0.05, 0) is 46.0 Å². The number of benzene rings is 3. The molecule has 0 heterocycles. The molecule has 3 rings (SSSR count). The van der Waals surface area contributed by atoms with Gasteiger partial charge in [-0.15, -0.1) is 11.6 Å². The van der Waals surface area contributed by atoms with Gasteiger partial charge in [-0.3, -0.25) is 4.18 Å². The average molecular weight is 436 g/mol. The van der Waals surface area contributed by atoms with Crippen LogP contribution in [-0.4, -0.2) is 44.4 Å². The van der Waals surface area contributed by atoms with Gasteiger partial charge in [0.25, 0.3) is 10.1 Å². The lowest BCUT2D eigenvalue weighted by molar-refractivity contribution is 0.118. The molecule has 0 spiro atoms. The highest BCUT2D eigenvalue weighted by Gasteiger charge is 2.26. The molecule has 0 aliphatic rings. The summed E-state index contributed by atoms with van der Waals surface area (Å²) in [6.07, 6.45) is 1.77. The standard InChI is InChI=1S/C22H26ClNO4S/c1-22(14-25,15-28-29(2,26)27)24-13-21-18-9-5-3-7-16(18)20(11-12-23)17-8-4-6-10-19(17)21/h3-10,24-25H,11-15H2,1-2H3. The van der Waals surface area contributed by atoms with E-state index in [9.17, 15) is 13.5 Å². The molecular formula is C22H26ClNO4S. The second kappa shape index (κ2) is 8.98. The Kier molecular flexibility index (Phi) is 6.81. The normalized spacial score (nSPS) is 14.3. The molecule has 1 atom stereocenters. The molecule has 0 amide bonds. The quantitative estimate of drug-likeness (QED) is 0.305. The third-order valence-corrected chi connectivity index (χ3v) is 5.87. The fraction of sp³-hybridized carbons (Fsp3) is 0.364. The maximum absolute atomic E-state index is 11.4. The minimum atomic E-state index is -3.60. The number of hydrogen-bond donors (Lipinski definition) is 2. The van der Waals surface area contributed by atoms with Crippen LogP contribution >= 0.6 is 11.6 Å². The molecule has 0 aromatic heterocycles. The van der Waals surface area contributed by atoms with E-state index in [2.05, 4.69) is 29.6 Å². The van der Waals surface area contributed by atoms with E-state index in [1.54, 1.807) is 6.92 Å². The van der Waals surface area contributed by atoms with Gasteiger partial charge >= 0.3 is 0 Å². The Balaban J connectivity index is 2.05. The Labute approximate surface area is 176 Å². The molecule has 1 unspecified atom stereocenters. The molecule has 0 radical (unpaired) electrons. The van der Waals surface area contributed by atoms with E-state index in [0.717, 1.165) is 39.8 Å². The van der Waals surface area contributed by atoms with Crippen LogP contribution in [0.2, 0.25) is 0 Å². The van der Waals surface area contributed by atoms with Crippen LogP contribution in [-0.2, 0) is 27.3 Å². The topological polar surface area (TPSA) is 75.6 Å². The predicted octanol–water partition coefficient (Wildman–Crippen LogP) is 3.59. The number of aryl methyl sites for hydroxylation is 1. The fourth-order valence-electron chi connectivity index (χ4n) is 3.55. The number of alkyl halides is 1. The van der Waals surface area contributed by atoms with Crippen molar-refractivity contribution in [2.24, 2.45) is 0 Å². The molecule has 0 aliphatic heterocycles. The minimum absolute atomic E-state index is 0.150. The molecule has 0 aliphatic carbocycles. The van der Waals surface area contributed by atoms with Crippen molar-refractivity contribution in [1.29, 1.82) is 0 Å². The van der Waals surface area contributed by atoms with E-state index in [-0.39, 0.29) is 13.2 Å². The van der Waals surface area contributed by atoms with Crippen LogP contribution in [0, 0.1) is 0 Å². The summed E-state index contributed by atoms with van der Waals surface area (Å²) < 4.78 is 27.7. The summed E-state index contributed by atoms with van der Waals surface area (Å²) in [5.41, 5.74) is 1.41. The van der Waals surface area contributed by atoms with Gasteiger partial charge in [0, 0.05) is 12.4 Å². The van der Waals surface area contributed by atoms with Crippen molar-refractivity contribution in [3.05, 3.63) is 59.7 Å². The van der Waals surface area contributed by atoms with Crippen molar-refractivity contribution in [1.82, 2.24) is 5.32 Å². The average Bonchev–Trinajstić information content (AvgIpc) is 2.71. The molecule has 156 valence electrons. The summed E-state index contributed by atoms with van der Waals surface area (Å²) >= 11 is 6.08.